The second-order valence-electron chi connectivity index (χ2n) is 3.88. The summed E-state index contributed by atoms with van der Waals surface area (Å²) in [6.45, 7) is 3.11. The van der Waals surface area contributed by atoms with Crippen molar-refractivity contribution in [2.24, 2.45) is 0 Å². The highest BCUT2D eigenvalue weighted by Crippen LogP contribution is 2.33. The van der Waals surface area contributed by atoms with Crippen LogP contribution in [0.25, 0.3) is 0 Å². The number of rotatable bonds is 2. The van der Waals surface area contributed by atoms with Crippen LogP contribution in [0.4, 0.5) is 0 Å². The van der Waals surface area contributed by atoms with Crippen LogP contribution < -0.4 is 5.32 Å². The summed E-state index contributed by atoms with van der Waals surface area (Å²) in [7, 11) is 2.02. The molecule has 0 bridgehead atoms. The first-order chi connectivity index (χ1) is 6.31. The minimum Gasteiger partial charge on any atom is -0.466 e. The summed E-state index contributed by atoms with van der Waals surface area (Å²) in [5.74, 6) is 2.96. The number of fused-ring (bicyclic) bond motifs is 1. The Bertz CT molecular complexity index is 290. The van der Waals surface area contributed by atoms with Crippen LogP contribution in [0.2, 0.25) is 0 Å². The van der Waals surface area contributed by atoms with Gasteiger partial charge in [0, 0.05) is 13.0 Å². The lowest BCUT2D eigenvalue weighted by molar-refractivity contribution is 0.431. The van der Waals surface area contributed by atoms with Gasteiger partial charge in [-0.15, -0.1) is 0 Å². The average molecular weight is 179 g/mol. The fraction of sp³-hybridized carbons (Fsp3) is 0.636. The maximum Gasteiger partial charge on any atom is 0.107 e. The molecule has 13 heavy (non-hydrogen) atoms. The smallest absolute Gasteiger partial charge is 0.107 e. The maximum atomic E-state index is 5.65. The average Bonchev–Trinajstić information content (AvgIpc) is 2.47. The van der Waals surface area contributed by atoms with Crippen molar-refractivity contribution < 1.29 is 4.42 Å². The molecule has 0 saturated carbocycles. The van der Waals surface area contributed by atoms with Crippen molar-refractivity contribution >= 4 is 0 Å². The van der Waals surface area contributed by atoms with Crippen molar-refractivity contribution in [1.29, 1.82) is 0 Å². The van der Waals surface area contributed by atoms with Crippen molar-refractivity contribution in [3.8, 4) is 0 Å². The standard InChI is InChI=1S/C11H17NO/c1-8-6-10-9(7-12-2)4-3-5-11(10)13-8/h6,9,12H,3-5,7H2,1-2H3. The summed E-state index contributed by atoms with van der Waals surface area (Å²) in [5, 5.41) is 3.25. The molecular formula is C11H17NO. The van der Waals surface area contributed by atoms with Crippen LogP contribution in [0.15, 0.2) is 10.5 Å². The number of nitrogens with one attached hydrogen (secondary N) is 1. The van der Waals surface area contributed by atoms with Crippen molar-refractivity contribution in [3.63, 3.8) is 0 Å². The van der Waals surface area contributed by atoms with Crippen molar-refractivity contribution in [3.05, 3.63) is 23.2 Å². The number of hydrogen-bond donors (Lipinski definition) is 1. The molecule has 72 valence electrons. The summed E-state index contributed by atoms with van der Waals surface area (Å²) >= 11 is 0. The van der Waals surface area contributed by atoms with Crippen LogP contribution >= 0.6 is 0 Å². The van der Waals surface area contributed by atoms with Crippen LogP contribution in [-0.4, -0.2) is 13.6 Å². The zero-order valence-corrected chi connectivity index (χ0v) is 8.39. The van der Waals surface area contributed by atoms with Crippen LogP contribution in [0.5, 0.6) is 0 Å². The summed E-state index contributed by atoms with van der Waals surface area (Å²) in [6, 6.07) is 2.20. The topological polar surface area (TPSA) is 25.2 Å². The third-order valence-corrected chi connectivity index (χ3v) is 2.81. The zero-order chi connectivity index (χ0) is 9.26. The van der Waals surface area contributed by atoms with Gasteiger partial charge >= 0.3 is 0 Å². The quantitative estimate of drug-likeness (QED) is 0.753. The number of hydrogen-bond acceptors (Lipinski definition) is 2. The second kappa shape index (κ2) is 3.54. The molecule has 2 rings (SSSR count). The van der Waals surface area contributed by atoms with E-state index in [-0.39, 0.29) is 0 Å². The first kappa shape index (κ1) is 8.82. The van der Waals surface area contributed by atoms with Crippen molar-refractivity contribution in [1.82, 2.24) is 5.32 Å². The lowest BCUT2D eigenvalue weighted by Gasteiger charge is -2.20. The molecule has 0 aromatic carbocycles. The molecule has 1 heterocycles. The highest BCUT2D eigenvalue weighted by molar-refractivity contribution is 5.28. The molecule has 1 N–H and O–H groups in total. The molecule has 1 aromatic heterocycles. The first-order valence-electron chi connectivity index (χ1n) is 5.05. The SMILES string of the molecule is CNCC1CCCc2oc(C)cc21. The van der Waals surface area contributed by atoms with E-state index in [2.05, 4.69) is 11.4 Å². The largest absolute Gasteiger partial charge is 0.466 e. The van der Waals surface area contributed by atoms with E-state index in [9.17, 15) is 0 Å². The predicted octanol–water partition coefficient (Wildman–Crippen LogP) is 2.23. The Balaban J connectivity index is 2.25. The lowest BCUT2D eigenvalue weighted by atomic mass is 9.87. The van der Waals surface area contributed by atoms with E-state index in [0.29, 0.717) is 5.92 Å². The van der Waals surface area contributed by atoms with Gasteiger partial charge in [0.15, 0.2) is 0 Å². The van der Waals surface area contributed by atoms with Crippen LogP contribution in [-0.2, 0) is 6.42 Å². The minimum absolute atomic E-state index is 0.672. The fourth-order valence-electron chi connectivity index (χ4n) is 2.25. The lowest BCUT2D eigenvalue weighted by Crippen LogP contribution is -2.20. The Morgan fingerprint density at radius 3 is 3.23 bits per heavy atom. The van der Waals surface area contributed by atoms with E-state index in [1.165, 1.54) is 24.2 Å². The van der Waals surface area contributed by atoms with Gasteiger partial charge in [-0.25, -0.2) is 0 Å². The number of furan rings is 1. The second-order valence-corrected chi connectivity index (χ2v) is 3.88. The van der Waals surface area contributed by atoms with E-state index in [4.69, 9.17) is 4.42 Å². The summed E-state index contributed by atoms with van der Waals surface area (Å²) < 4.78 is 5.65. The van der Waals surface area contributed by atoms with Gasteiger partial charge in [0.2, 0.25) is 0 Å². The van der Waals surface area contributed by atoms with Gasteiger partial charge in [-0.1, -0.05) is 0 Å². The molecule has 1 aliphatic carbocycles. The van der Waals surface area contributed by atoms with Gasteiger partial charge in [-0.2, -0.15) is 0 Å². The predicted molar refractivity (Wildman–Crippen MR) is 53.1 cm³/mol. The van der Waals surface area contributed by atoms with Crippen molar-refractivity contribution in [2.75, 3.05) is 13.6 Å². The molecule has 1 aromatic rings. The number of aryl methyl sites for hydroxylation is 2. The van der Waals surface area contributed by atoms with Gasteiger partial charge in [-0.05, 0) is 44.4 Å². The van der Waals surface area contributed by atoms with Gasteiger partial charge in [-0.3, -0.25) is 0 Å². The summed E-state index contributed by atoms with van der Waals surface area (Å²) in [5.41, 5.74) is 1.44. The normalized spacial score (nSPS) is 21.5. The molecule has 1 aliphatic rings. The molecule has 1 atom stereocenters. The highest BCUT2D eigenvalue weighted by Gasteiger charge is 2.22. The van der Waals surface area contributed by atoms with Gasteiger partial charge in [0.05, 0.1) is 0 Å². The van der Waals surface area contributed by atoms with Crippen LogP contribution in [0.3, 0.4) is 0 Å². The molecule has 1 unspecified atom stereocenters. The molecular weight excluding hydrogens is 162 g/mol. The summed E-state index contributed by atoms with van der Waals surface area (Å²) in [6.07, 6.45) is 3.70. The molecule has 2 heteroatoms. The van der Waals surface area contributed by atoms with E-state index in [0.717, 1.165) is 18.7 Å². The zero-order valence-electron chi connectivity index (χ0n) is 8.39. The Labute approximate surface area is 79.3 Å². The molecule has 0 fully saturated rings. The Morgan fingerprint density at radius 2 is 2.46 bits per heavy atom. The first-order valence-corrected chi connectivity index (χ1v) is 5.05. The van der Waals surface area contributed by atoms with E-state index >= 15 is 0 Å². The van der Waals surface area contributed by atoms with Gasteiger partial charge < -0.3 is 9.73 Å². The van der Waals surface area contributed by atoms with Crippen LogP contribution in [0.1, 0.15) is 35.8 Å². The Morgan fingerprint density at radius 1 is 1.62 bits per heavy atom. The third-order valence-electron chi connectivity index (χ3n) is 2.81. The monoisotopic (exact) mass is 179 g/mol. The van der Waals surface area contributed by atoms with Gasteiger partial charge in [0.25, 0.3) is 0 Å². The van der Waals surface area contributed by atoms with Gasteiger partial charge in [0.1, 0.15) is 11.5 Å². The molecule has 0 aliphatic heterocycles. The van der Waals surface area contributed by atoms with E-state index in [1.807, 2.05) is 14.0 Å². The third kappa shape index (κ3) is 1.63. The number of likely N-dealkylation sites (N-methyl/N-ethyl adjacent to an activating group) is 1. The molecule has 0 saturated heterocycles. The van der Waals surface area contributed by atoms with E-state index < -0.39 is 0 Å². The summed E-state index contributed by atoms with van der Waals surface area (Å²) in [4.78, 5) is 0. The maximum absolute atomic E-state index is 5.65. The van der Waals surface area contributed by atoms with Crippen molar-refractivity contribution in [2.45, 2.75) is 32.1 Å². The van der Waals surface area contributed by atoms with Crippen LogP contribution in [0, 0.1) is 6.92 Å². The molecule has 0 radical (unpaired) electrons. The Kier molecular flexibility index (Phi) is 2.40. The minimum atomic E-state index is 0.672. The molecule has 2 nitrogen and oxygen atoms in total. The molecule has 0 spiro atoms. The van der Waals surface area contributed by atoms with E-state index in [1.54, 1.807) is 0 Å². The Hall–Kier alpha value is -0.760. The highest BCUT2D eigenvalue weighted by atomic mass is 16.3. The fourth-order valence-corrected chi connectivity index (χ4v) is 2.25. The molecule has 0 amide bonds.